The number of hydrogen-bond donors (Lipinski definition) is 0. The smallest absolute Gasteiger partial charge is 0.223 e. The Morgan fingerprint density at radius 2 is 1.67 bits per heavy atom. The Morgan fingerprint density at radius 3 is 2.27 bits per heavy atom. The minimum absolute atomic E-state index is 0.0157. The van der Waals surface area contributed by atoms with E-state index < -0.39 is 0 Å². The van der Waals surface area contributed by atoms with Gasteiger partial charge in [0.05, 0.1) is 24.9 Å². The van der Waals surface area contributed by atoms with Gasteiger partial charge in [-0.1, -0.05) is 11.6 Å². The Hall–Kier alpha value is -3.26. The lowest BCUT2D eigenvalue weighted by Gasteiger charge is -2.35. The molecule has 1 saturated heterocycles. The fraction of sp³-hybridized carbons (Fsp3) is 0.375. The van der Waals surface area contributed by atoms with E-state index in [1.807, 2.05) is 27.5 Å². The number of rotatable bonds is 6. The van der Waals surface area contributed by atoms with Gasteiger partial charge >= 0.3 is 0 Å². The van der Waals surface area contributed by atoms with Crippen molar-refractivity contribution in [2.45, 2.75) is 19.3 Å². The molecule has 2 aromatic heterocycles. The fourth-order valence-electron chi connectivity index (χ4n) is 4.23. The van der Waals surface area contributed by atoms with Crippen molar-refractivity contribution in [1.82, 2.24) is 19.2 Å². The third-order valence-electron chi connectivity index (χ3n) is 6.09. The monoisotopic (exact) mass is 470 g/mol. The molecule has 0 saturated carbocycles. The number of fused-ring (bicyclic) bond motifs is 1. The molecule has 0 bridgehead atoms. The molecule has 3 heterocycles. The fourth-order valence-corrected chi connectivity index (χ4v) is 4.39. The molecule has 1 atom stereocenters. The second-order valence-electron chi connectivity index (χ2n) is 8.05. The molecule has 9 heteroatoms. The summed E-state index contributed by atoms with van der Waals surface area (Å²) >= 11 is 6.26. The standard InChI is InChI=1S/C24H27ClN4O4/c1-16(30)27-6-8-28(9-7-27)24(31)13-21(17-10-19(32-2)12-20(11-17)33-3)22-14-26-23-5-4-18(25)15-29(22)23/h4-5,10-12,14-15,21H,6-9,13H2,1-3H3. The second-order valence-corrected chi connectivity index (χ2v) is 8.48. The van der Waals surface area contributed by atoms with Gasteiger partial charge in [-0.3, -0.25) is 9.59 Å². The SMILES string of the molecule is COc1cc(OC)cc(C(CC(=O)N2CCN(C(C)=O)CC2)c2cnc3ccc(Cl)cn23)c1. The van der Waals surface area contributed by atoms with E-state index in [1.165, 1.54) is 0 Å². The highest BCUT2D eigenvalue weighted by molar-refractivity contribution is 6.30. The van der Waals surface area contributed by atoms with Crippen molar-refractivity contribution in [3.8, 4) is 11.5 Å². The lowest BCUT2D eigenvalue weighted by molar-refractivity contribution is -0.138. The molecule has 1 aromatic carbocycles. The minimum Gasteiger partial charge on any atom is -0.497 e. The summed E-state index contributed by atoms with van der Waals surface area (Å²) in [6, 6.07) is 9.26. The summed E-state index contributed by atoms with van der Waals surface area (Å²) in [6.45, 7) is 3.69. The van der Waals surface area contributed by atoms with Crippen LogP contribution in [0.1, 0.15) is 30.5 Å². The maximum absolute atomic E-state index is 13.4. The van der Waals surface area contributed by atoms with Crippen molar-refractivity contribution in [3.05, 3.63) is 59.0 Å². The van der Waals surface area contributed by atoms with E-state index in [2.05, 4.69) is 4.98 Å². The lowest BCUT2D eigenvalue weighted by atomic mass is 9.91. The van der Waals surface area contributed by atoms with Gasteiger partial charge in [0.15, 0.2) is 0 Å². The van der Waals surface area contributed by atoms with E-state index in [1.54, 1.807) is 50.6 Å². The van der Waals surface area contributed by atoms with Crippen LogP contribution in [0.3, 0.4) is 0 Å². The summed E-state index contributed by atoms with van der Waals surface area (Å²) in [5, 5.41) is 0.579. The molecule has 3 aromatic rings. The van der Waals surface area contributed by atoms with Gasteiger partial charge in [0, 0.05) is 63.9 Å². The van der Waals surface area contributed by atoms with Crippen LogP contribution in [0.4, 0.5) is 0 Å². The Kier molecular flexibility index (Phi) is 6.74. The predicted octanol–water partition coefficient (Wildman–Crippen LogP) is 3.22. The van der Waals surface area contributed by atoms with Gasteiger partial charge in [0.2, 0.25) is 11.8 Å². The van der Waals surface area contributed by atoms with E-state index in [4.69, 9.17) is 21.1 Å². The molecule has 0 aliphatic carbocycles. The summed E-state index contributed by atoms with van der Waals surface area (Å²) in [5.41, 5.74) is 2.47. The highest BCUT2D eigenvalue weighted by Gasteiger charge is 2.28. The number of carbonyl (C=O) groups excluding carboxylic acids is 2. The first-order valence-corrected chi connectivity index (χ1v) is 11.2. The third-order valence-corrected chi connectivity index (χ3v) is 6.31. The quantitative estimate of drug-likeness (QED) is 0.553. The van der Waals surface area contributed by atoms with E-state index in [0.717, 1.165) is 16.9 Å². The minimum atomic E-state index is -0.305. The van der Waals surface area contributed by atoms with Gasteiger partial charge in [0.25, 0.3) is 0 Å². The maximum atomic E-state index is 13.4. The number of pyridine rings is 1. The highest BCUT2D eigenvalue weighted by Crippen LogP contribution is 2.35. The van der Waals surface area contributed by atoms with E-state index in [9.17, 15) is 9.59 Å². The number of aromatic nitrogens is 2. The Morgan fingerprint density at radius 1 is 1.03 bits per heavy atom. The topological polar surface area (TPSA) is 76.4 Å². The molecule has 0 radical (unpaired) electrons. The van der Waals surface area contributed by atoms with Crippen LogP contribution in [0.2, 0.25) is 5.02 Å². The van der Waals surface area contributed by atoms with Gasteiger partial charge < -0.3 is 23.7 Å². The number of nitrogens with zero attached hydrogens (tertiary/aromatic N) is 4. The van der Waals surface area contributed by atoms with Crippen molar-refractivity contribution >= 4 is 29.1 Å². The lowest BCUT2D eigenvalue weighted by Crippen LogP contribution is -2.50. The first-order valence-electron chi connectivity index (χ1n) is 10.8. The first-order chi connectivity index (χ1) is 15.9. The molecule has 2 amide bonds. The summed E-state index contributed by atoms with van der Waals surface area (Å²) in [7, 11) is 3.20. The van der Waals surface area contributed by atoms with Crippen LogP contribution in [0, 0.1) is 0 Å². The Balaban J connectivity index is 1.70. The molecule has 33 heavy (non-hydrogen) atoms. The molecule has 1 fully saturated rings. The third kappa shape index (κ3) is 4.90. The average molecular weight is 471 g/mol. The molecule has 4 rings (SSSR count). The van der Waals surface area contributed by atoms with Crippen LogP contribution in [-0.2, 0) is 9.59 Å². The second kappa shape index (κ2) is 9.70. The number of halogens is 1. The van der Waals surface area contributed by atoms with Gasteiger partial charge in [-0.05, 0) is 29.8 Å². The van der Waals surface area contributed by atoms with E-state index in [0.29, 0.717) is 42.7 Å². The number of benzene rings is 1. The van der Waals surface area contributed by atoms with Gasteiger partial charge in [-0.2, -0.15) is 0 Å². The number of imidazole rings is 1. The largest absolute Gasteiger partial charge is 0.497 e. The number of hydrogen-bond acceptors (Lipinski definition) is 5. The zero-order valence-electron chi connectivity index (χ0n) is 19.0. The zero-order chi connectivity index (χ0) is 23.5. The van der Waals surface area contributed by atoms with Crippen LogP contribution in [0.15, 0.2) is 42.7 Å². The molecular weight excluding hydrogens is 444 g/mol. The molecular formula is C24H27ClN4O4. The van der Waals surface area contributed by atoms with Crippen molar-refractivity contribution in [1.29, 1.82) is 0 Å². The normalized spacial score (nSPS) is 14.9. The summed E-state index contributed by atoms with van der Waals surface area (Å²) in [4.78, 5) is 33.1. The van der Waals surface area contributed by atoms with E-state index in [-0.39, 0.29) is 24.2 Å². The van der Waals surface area contributed by atoms with Crippen LogP contribution < -0.4 is 9.47 Å². The van der Waals surface area contributed by atoms with Crippen molar-refractivity contribution in [2.24, 2.45) is 0 Å². The highest BCUT2D eigenvalue weighted by atomic mass is 35.5. The molecule has 1 unspecified atom stereocenters. The summed E-state index contributed by atoms with van der Waals surface area (Å²) in [5.74, 6) is 1.03. The molecule has 8 nitrogen and oxygen atoms in total. The predicted molar refractivity (Wildman–Crippen MR) is 125 cm³/mol. The average Bonchev–Trinajstić information content (AvgIpc) is 3.24. The first kappa shape index (κ1) is 22.9. The van der Waals surface area contributed by atoms with Crippen molar-refractivity contribution in [2.75, 3.05) is 40.4 Å². The molecule has 174 valence electrons. The number of amides is 2. The number of ether oxygens (including phenoxy) is 2. The van der Waals surface area contributed by atoms with Crippen LogP contribution in [0.25, 0.3) is 5.65 Å². The molecule has 0 N–H and O–H groups in total. The Labute approximate surface area is 197 Å². The number of piperazine rings is 1. The van der Waals surface area contributed by atoms with Gasteiger partial charge in [-0.25, -0.2) is 4.98 Å². The molecule has 1 aliphatic heterocycles. The zero-order valence-corrected chi connectivity index (χ0v) is 19.7. The molecule has 1 aliphatic rings. The van der Waals surface area contributed by atoms with Crippen molar-refractivity contribution < 1.29 is 19.1 Å². The van der Waals surface area contributed by atoms with Crippen molar-refractivity contribution in [3.63, 3.8) is 0 Å². The van der Waals surface area contributed by atoms with Crippen LogP contribution in [0.5, 0.6) is 11.5 Å². The summed E-state index contributed by atoms with van der Waals surface area (Å²) < 4.78 is 12.9. The maximum Gasteiger partial charge on any atom is 0.223 e. The van der Waals surface area contributed by atoms with E-state index >= 15 is 0 Å². The van der Waals surface area contributed by atoms with Gasteiger partial charge in [0.1, 0.15) is 17.1 Å². The van der Waals surface area contributed by atoms with Gasteiger partial charge in [-0.15, -0.1) is 0 Å². The number of carbonyl (C=O) groups is 2. The van der Waals surface area contributed by atoms with Crippen LogP contribution in [-0.4, -0.2) is 71.4 Å². The summed E-state index contributed by atoms with van der Waals surface area (Å²) in [6.07, 6.45) is 3.82. The Bertz CT molecular complexity index is 1150. The van der Waals surface area contributed by atoms with Crippen LogP contribution >= 0.6 is 11.6 Å². The molecule has 0 spiro atoms. The number of methoxy groups -OCH3 is 2.